The van der Waals surface area contributed by atoms with E-state index in [0.717, 1.165) is 16.8 Å². The monoisotopic (exact) mass is 339 g/mol. The van der Waals surface area contributed by atoms with Gasteiger partial charge in [0.05, 0.1) is 5.92 Å². The second-order valence-electron chi connectivity index (χ2n) is 6.24. The van der Waals surface area contributed by atoms with Crippen molar-refractivity contribution in [1.82, 2.24) is 8.61 Å². The van der Waals surface area contributed by atoms with Crippen LogP contribution in [0.15, 0.2) is 18.2 Å². The highest BCUT2D eigenvalue weighted by atomic mass is 32.2. The van der Waals surface area contributed by atoms with Gasteiger partial charge in [0.2, 0.25) is 5.91 Å². The van der Waals surface area contributed by atoms with Gasteiger partial charge in [0, 0.05) is 32.9 Å². The molecule has 1 heterocycles. The minimum Gasteiger partial charge on any atom is -0.325 e. The van der Waals surface area contributed by atoms with Gasteiger partial charge in [-0.25, -0.2) is 0 Å². The maximum atomic E-state index is 12.6. The highest BCUT2D eigenvalue weighted by Crippen LogP contribution is 2.24. The first-order valence-electron chi connectivity index (χ1n) is 7.78. The van der Waals surface area contributed by atoms with Crippen LogP contribution in [0.5, 0.6) is 0 Å². The Morgan fingerprint density at radius 1 is 1.26 bits per heavy atom. The molecular formula is C16H25N3O3S. The van der Waals surface area contributed by atoms with Crippen LogP contribution in [-0.4, -0.2) is 50.1 Å². The summed E-state index contributed by atoms with van der Waals surface area (Å²) >= 11 is 0. The van der Waals surface area contributed by atoms with Crippen LogP contribution in [0.2, 0.25) is 0 Å². The molecule has 2 rings (SSSR count). The van der Waals surface area contributed by atoms with Crippen LogP contribution in [-0.2, 0) is 15.0 Å². The summed E-state index contributed by atoms with van der Waals surface area (Å²) in [6, 6.07) is 5.85. The van der Waals surface area contributed by atoms with Crippen LogP contribution in [0.1, 0.15) is 24.0 Å². The van der Waals surface area contributed by atoms with Gasteiger partial charge in [-0.1, -0.05) is 18.2 Å². The summed E-state index contributed by atoms with van der Waals surface area (Å²) in [7, 11) is -0.450. The first-order valence-corrected chi connectivity index (χ1v) is 9.18. The number of benzene rings is 1. The number of hydrogen-bond acceptors (Lipinski definition) is 3. The van der Waals surface area contributed by atoms with Gasteiger partial charge in [-0.2, -0.15) is 17.0 Å². The van der Waals surface area contributed by atoms with Gasteiger partial charge >= 0.3 is 0 Å². The van der Waals surface area contributed by atoms with Gasteiger partial charge in [-0.05, 0) is 37.8 Å². The quantitative estimate of drug-likeness (QED) is 0.909. The second kappa shape index (κ2) is 6.98. The Morgan fingerprint density at radius 3 is 2.43 bits per heavy atom. The smallest absolute Gasteiger partial charge is 0.281 e. The van der Waals surface area contributed by atoms with Crippen LogP contribution in [0.3, 0.4) is 0 Å². The van der Waals surface area contributed by atoms with E-state index in [1.54, 1.807) is 0 Å². The van der Waals surface area contributed by atoms with Crippen molar-refractivity contribution in [2.45, 2.75) is 26.7 Å². The number of para-hydroxylation sites is 1. The summed E-state index contributed by atoms with van der Waals surface area (Å²) in [4.78, 5) is 12.6. The molecular weight excluding hydrogens is 314 g/mol. The predicted octanol–water partition coefficient (Wildman–Crippen LogP) is 1.76. The zero-order chi connectivity index (χ0) is 17.2. The zero-order valence-electron chi connectivity index (χ0n) is 14.2. The third kappa shape index (κ3) is 3.91. The average molecular weight is 339 g/mol. The molecule has 0 radical (unpaired) electrons. The molecule has 7 heteroatoms. The zero-order valence-corrected chi connectivity index (χ0v) is 15.0. The Hall–Kier alpha value is -1.44. The molecule has 1 saturated heterocycles. The molecule has 0 aromatic heterocycles. The summed E-state index contributed by atoms with van der Waals surface area (Å²) in [5.41, 5.74) is 2.84. The SMILES string of the molecule is Cc1cccc(C)c1NC(=O)C1CCCN(S(=O)(=O)N(C)C)C1. The van der Waals surface area contributed by atoms with Crippen molar-refractivity contribution in [3.63, 3.8) is 0 Å². The van der Waals surface area contributed by atoms with Crippen LogP contribution < -0.4 is 5.32 Å². The average Bonchev–Trinajstić information content (AvgIpc) is 2.51. The molecule has 128 valence electrons. The maximum Gasteiger partial charge on any atom is 0.281 e. The van der Waals surface area contributed by atoms with Crippen LogP contribution in [0.25, 0.3) is 0 Å². The van der Waals surface area contributed by atoms with E-state index in [0.29, 0.717) is 19.4 Å². The van der Waals surface area contributed by atoms with Crippen molar-refractivity contribution in [3.8, 4) is 0 Å². The van der Waals surface area contributed by atoms with Gasteiger partial charge in [0.15, 0.2) is 0 Å². The fourth-order valence-corrected chi connectivity index (χ4v) is 4.02. The standard InChI is InChI=1S/C16H25N3O3S/c1-12-7-5-8-13(2)15(12)17-16(20)14-9-6-10-19(11-14)23(21,22)18(3)4/h5,7-8,14H,6,9-11H2,1-4H3,(H,17,20). The van der Waals surface area contributed by atoms with Crippen molar-refractivity contribution in [1.29, 1.82) is 0 Å². The third-order valence-electron chi connectivity index (χ3n) is 4.27. The van der Waals surface area contributed by atoms with E-state index in [1.165, 1.54) is 22.7 Å². The predicted molar refractivity (Wildman–Crippen MR) is 91.4 cm³/mol. The highest BCUT2D eigenvalue weighted by molar-refractivity contribution is 7.86. The lowest BCUT2D eigenvalue weighted by molar-refractivity contribution is -0.120. The number of nitrogens with one attached hydrogen (secondary N) is 1. The molecule has 1 aromatic rings. The number of anilines is 1. The van der Waals surface area contributed by atoms with E-state index in [1.807, 2.05) is 32.0 Å². The molecule has 0 aliphatic carbocycles. The molecule has 1 aromatic carbocycles. The third-order valence-corrected chi connectivity index (χ3v) is 6.18. The second-order valence-corrected chi connectivity index (χ2v) is 8.39. The minimum absolute atomic E-state index is 0.110. The summed E-state index contributed by atoms with van der Waals surface area (Å²) in [6.45, 7) is 4.60. The Kier molecular flexibility index (Phi) is 5.44. The van der Waals surface area contributed by atoms with E-state index >= 15 is 0 Å². The molecule has 1 unspecified atom stereocenters. The highest BCUT2D eigenvalue weighted by Gasteiger charge is 2.33. The first kappa shape index (κ1) is 17.9. The number of rotatable bonds is 4. The Bertz CT molecular complexity index is 666. The number of aryl methyl sites for hydroxylation is 2. The maximum absolute atomic E-state index is 12.6. The lowest BCUT2D eigenvalue weighted by Gasteiger charge is -2.33. The molecule has 0 bridgehead atoms. The fourth-order valence-electron chi connectivity index (χ4n) is 2.83. The van der Waals surface area contributed by atoms with Crippen molar-refractivity contribution in [2.75, 3.05) is 32.5 Å². The lowest BCUT2D eigenvalue weighted by Crippen LogP contribution is -2.47. The summed E-state index contributed by atoms with van der Waals surface area (Å²) in [5.74, 6) is -0.432. The number of hydrogen-bond donors (Lipinski definition) is 1. The summed E-state index contributed by atoms with van der Waals surface area (Å²) in [6.07, 6.45) is 1.40. The van der Waals surface area contributed by atoms with Gasteiger partial charge in [-0.3, -0.25) is 4.79 Å². The van der Waals surface area contributed by atoms with Crippen molar-refractivity contribution < 1.29 is 13.2 Å². The summed E-state index contributed by atoms with van der Waals surface area (Å²) in [5, 5.41) is 2.98. The number of carbonyl (C=O) groups excluding carboxylic acids is 1. The molecule has 1 fully saturated rings. The van der Waals surface area contributed by atoms with Crippen molar-refractivity contribution in [2.24, 2.45) is 5.92 Å². The van der Waals surface area contributed by atoms with E-state index in [4.69, 9.17) is 0 Å². The van der Waals surface area contributed by atoms with E-state index < -0.39 is 10.2 Å². The molecule has 6 nitrogen and oxygen atoms in total. The van der Waals surface area contributed by atoms with Gasteiger partial charge in [0.1, 0.15) is 0 Å². The lowest BCUT2D eigenvalue weighted by atomic mass is 9.98. The molecule has 1 N–H and O–H groups in total. The number of carbonyl (C=O) groups is 1. The number of amides is 1. The van der Waals surface area contributed by atoms with Gasteiger partial charge in [-0.15, -0.1) is 0 Å². The normalized spacial score (nSPS) is 19.8. The van der Waals surface area contributed by atoms with E-state index in [-0.39, 0.29) is 18.4 Å². The largest absolute Gasteiger partial charge is 0.325 e. The molecule has 0 spiro atoms. The molecule has 1 aliphatic rings. The van der Waals surface area contributed by atoms with Crippen LogP contribution in [0, 0.1) is 19.8 Å². The Morgan fingerprint density at radius 2 is 1.87 bits per heavy atom. The molecule has 1 amide bonds. The van der Waals surface area contributed by atoms with E-state index in [9.17, 15) is 13.2 Å². The number of nitrogens with zero attached hydrogens (tertiary/aromatic N) is 2. The first-order chi connectivity index (χ1) is 10.7. The van der Waals surface area contributed by atoms with Crippen molar-refractivity contribution in [3.05, 3.63) is 29.3 Å². The van der Waals surface area contributed by atoms with Crippen LogP contribution >= 0.6 is 0 Å². The Labute approximate surface area is 138 Å². The van der Waals surface area contributed by atoms with Gasteiger partial charge in [0.25, 0.3) is 10.2 Å². The van der Waals surface area contributed by atoms with Gasteiger partial charge < -0.3 is 5.32 Å². The topological polar surface area (TPSA) is 69.7 Å². The number of piperidine rings is 1. The molecule has 23 heavy (non-hydrogen) atoms. The van der Waals surface area contributed by atoms with E-state index in [2.05, 4.69) is 5.32 Å². The molecule has 1 aliphatic heterocycles. The fraction of sp³-hybridized carbons (Fsp3) is 0.562. The minimum atomic E-state index is -3.47. The Balaban J connectivity index is 2.11. The molecule has 0 saturated carbocycles. The van der Waals surface area contributed by atoms with Crippen LogP contribution in [0.4, 0.5) is 5.69 Å². The summed E-state index contributed by atoms with van der Waals surface area (Å²) < 4.78 is 27.1. The van der Waals surface area contributed by atoms with Crippen molar-refractivity contribution >= 4 is 21.8 Å². The molecule has 1 atom stereocenters.